The number of nitriles is 2. The molecule has 0 amide bonds. The lowest BCUT2D eigenvalue weighted by Crippen LogP contribution is -1.94. The topological polar surface area (TPSA) is 121 Å². The summed E-state index contributed by atoms with van der Waals surface area (Å²) in [5.74, 6) is 3.30. The fourth-order valence-corrected chi connectivity index (χ4v) is 9.23. The summed E-state index contributed by atoms with van der Waals surface area (Å²) in [6.45, 7) is 21.7. The molecule has 0 unspecified atom stereocenters. The van der Waals surface area contributed by atoms with Gasteiger partial charge < -0.3 is 4.74 Å². The van der Waals surface area contributed by atoms with Crippen molar-refractivity contribution in [3.05, 3.63) is 202 Å². The number of hydrogen-bond acceptors (Lipinski definition) is 8. The fourth-order valence-electron chi connectivity index (χ4n) is 8.80. The van der Waals surface area contributed by atoms with Crippen molar-refractivity contribution in [3.8, 4) is 17.9 Å². The van der Waals surface area contributed by atoms with E-state index in [9.17, 15) is 0 Å². The van der Waals surface area contributed by atoms with Crippen LogP contribution >= 0.6 is 23.2 Å². The number of nitrogens with zero attached hydrogens (tertiary/aromatic N) is 7. The van der Waals surface area contributed by atoms with Crippen LogP contribution < -0.4 is 4.74 Å². The lowest BCUT2D eigenvalue weighted by atomic mass is 9.95. The summed E-state index contributed by atoms with van der Waals surface area (Å²) >= 11 is 12.2. The number of pyridine rings is 5. The van der Waals surface area contributed by atoms with E-state index < -0.39 is 0 Å². The van der Waals surface area contributed by atoms with E-state index in [2.05, 4.69) is 131 Å². The SMILES string of the molecule is CC(C)c1ccc(C#N)c2cnccc12.CC(C)c1ccc(C#N)c2ncccc12.CC(C)c1ccc(Cl)c2cnccc12.CC(C)c1ccc(Cl)c2ncccc12.COc1ccnc2cccc(C(C)C)c12. The first-order valence-electron chi connectivity index (χ1n) is 24.6. The summed E-state index contributed by atoms with van der Waals surface area (Å²) in [5.41, 5.74) is 10.5. The van der Waals surface area contributed by atoms with Crippen LogP contribution in [0.25, 0.3) is 54.3 Å². The van der Waals surface area contributed by atoms with E-state index in [1.807, 2.05) is 97.3 Å². The van der Waals surface area contributed by atoms with Crippen LogP contribution in [-0.2, 0) is 0 Å². The molecule has 10 heteroatoms. The largest absolute Gasteiger partial charge is 0.496 e. The summed E-state index contributed by atoms with van der Waals surface area (Å²) < 4.78 is 5.38. The molecule has 0 N–H and O–H groups in total. The van der Waals surface area contributed by atoms with Crippen LogP contribution in [0.1, 0.15) is 138 Å². The second-order valence-electron chi connectivity index (χ2n) is 19.1. The number of hydrogen-bond donors (Lipinski definition) is 0. The maximum absolute atomic E-state index is 8.99. The Morgan fingerprint density at radius 1 is 0.411 bits per heavy atom. The van der Waals surface area contributed by atoms with E-state index in [0.29, 0.717) is 40.7 Å². The first-order chi connectivity index (χ1) is 35.1. The Kier molecular flexibility index (Phi) is 19.3. The van der Waals surface area contributed by atoms with E-state index in [-0.39, 0.29) is 0 Å². The van der Waals surface area contributed by atoms with Crippen molar-refractivity contribution in [1.82, 2.24) is 24.9 Å². The maximum atomic E-state index is 8.99. The highest BCUT2D eigenvalue weighted by atomic mass is 35.5. The number of benzene rings is 5. The van der Waals surface area contributed by atoms with Crippen molar-refractivity contribution >= 4 is 77.5 Å². The number of halogens is 2. The van der Waals surface area contributed by atoms with Crippen LogP contribution in [0.4, 0.5) is 0 Å². The Bertz CT molecular complexity index is 3380. The molecule has 5 aromatic carbocycles. The molecule has 10 aromatic rings. The van der Waals surface area contributed by atoms with Gasteiger partial charge in [0.05, 0.1) is 45.9 Å². The summed E-state index contributed by atoms with van der Waals surface area (Å²) in [4.78, 5) is 21.1. The smallest absolute Gasteiger partial charge is 0.130 e. The van der Waals surface area contributed by atoms with Gasteiger partial charge in [0.2, 0.25) is 0 Å². The lowest BCUT2D eigenvalue weighted by molar-refractivity contribution is 0.419. The van der Waals surface area contributed by atoms with E-state index in [0.717, 1.165) is 64.7 Å². The Morgan fingerprint density at radius 2 is 0.890 bits per heavy atom. The van der Waals surface area contributed by atoms with Gasteiger partial charge in [0.15, 0.2) is 0 Å². The summed E-state index contributed by atoms with van der Waals surface area (Å²) in [6.07, 6.45) is 12.5. The van der Waals surface area contributed by atoms with Gasteiger partial charge in [-0.2, -0.15) is 10.5 Å². The molecular formula is C63H63Cl2N7O. The highest BCUT2D eigenvalue weighted by molar-refractivity contribution is 6.35. The quantitative estimate of drug-likeness (QED) is 0.161. The van der Waals surface area contributed by atoms with Crippen LogP contribution in [0.3, 0.4) is 0 Å². The molecule has 0 aliphatic rings. The Hall–Kier alpha value is -7.49. The van der Waals surface area contributed by atoms with Crippen molar-refractivity contribution in [2.24, 2.45) is 0 Å². The predicted octanol–water partition coefficient (Wildman–Crippen LogP) is 17.8. The van der Waals surface area contributed by atoms with Crippen molar-refractivity contribution < 1.29 is 4.74 Å². The second-order valence-corrected chi connectivity index (χ2v) is 19.9. The molecule has 0 spiro atoms. The number of methoxy groups -OCH3 is 1. The third-order valence-electron chi connectivity index (χ3n) is 12.5. The molecule has 0 saturated carbocycles. The van der Waals surface area contributed by atoms with Gasteiger partial charge in [0.25, 0.3) is 0 Å². The van der Waals surface area contributed by atoms with Gasteiger partial charge in [-0.15, -0.1) is 0 Å². The molecule has 5 heterocycles. The highest BCUT2D eigenvalue weighted by Gasteiger charge is 2.13. The van der Waals surface area contributed by atoms with Crippen LogP contribution in [0.15, 0.2) is 153 Å². The highest BCUT2D eigenvalue weighted by Crippen LogP contribution is 2.33. The van der Waals surface area contributed by atoms with Gasteiger partial charge in [-0.1, -0.05) is 141 Å². The molecule has 0 fully saturated rings. The van der Waals surface area contributed by atoms with E-state index in [1.54, 1.807) is 38.1 Å². The predicted molar refractivity (Wildman–Crippen MR) is 305 cm³/mol. The van der Waals surface area contributed by atoms with Gasteiger partial charge in [0.1, 0.15) is 11.8 Å². The lowest BCUT2D eigenvalue weighted by Gasteiger charge is -2.12. The first-order valence-corrected chi connectivity index (χ1v) is 25.4. The van der Waals surface area contributed by atoms with Crippen LogP contribution in [-0.4, -0.2) is 32.0 Å². The molecule has 0 saturated heterocycles. The number of aromatic nitrogens is 5. The molecule has 10 rings (SSSR count). The van der Waals surface area contributed by atoms with Crippen LogP contribution in [0, 0.1) is 22.7 Å². The van der Waals surface area contributed by atoms with Gasteiger partial charge in [-0.25, -0.2) is 0 Å². The monoisotopic (exact) mass is 1000 g/mol. The first kappa shape index (κ1) is 54.8. The van der Waals surface area contributed by atoms with Gasteiger partial charge in [-0.05, 0) is 129 Å². The maximum Gasteiger partial charge on any atom is 0.130 e. The minimum absolute atomic E-state index is 0.449. The number of rotatable bonds is 6. The molecule has 0 bridgehead atoms. The zero-order chi connectivity index (χ0) is 52.8. The third-order valence-corrected chi connectivity index (χ3v) is 13.2. The molecule has 0 radical (unpaired) electrons. The van der Waals surface area contributed by atoms with Crippen molar-refractivity contribution in [3.63, 3.8) is 0 Å². The van der Waals surface area contributed by atoms with E-state index in [1.165, 1.54) is 33.2 Å². The summed E-state index contributed by atoms with van der Waals surface area (Å²) in [6, 6.07) is 40.3. The number of fused-ring (bicyclic) bond motifs is 5. The van der Waals surface area contributed by atoms with Crippen LogP contribution in [0.2, 0.25) is 10.0 Å². The normalized spacial score (nSPS) is 10.8. The minimum atomic E-state index is 0.449. The zero-order valence-electron chi connectivity index (χ0n) is 43.6. The van der Waals surface area contributed by atoms with E-state index in [4.69, 9.17) is 38.5 Å². The molecule has 5 aromatic heterocycles. The Balaban J connectivity index is 0.000000149. The molecular weight excluding hydrogens is 942 g/mol. The zero-order valence-corrected chi connectivity index (χ0v) is 45.1. The molecule has 8 nitrogen and oxygen atoms in total. The van der Waals surface area contributed by atoms with Gasteiger partial charge >= 0.3 is 0 Å². The van der Waals surface area contributed by atoms with Gasteiger partial charge in [0, 0.05) is 75.3 Å². The molecule has 0 atom stereocenters. The molecule has 0 aliphatic heterocycles. The van der Waals surface area contributed by atoms with Crippen molar-refractivity contribution in [2.75, 3.05) is 7.11 Å². The summed E-state index contributed by atoms with van der Waals surface area (Å²) in [7, 11) is 1.70. The summed E-state index contributed by atoms with van der Waals surface area (Å²) in [5, 5.41) is 27.2. The van der Waals surface area contributed by atoms with Gasteiger partial charge in [-0.3, -0.25) is 24.9 Å². The Labute approximate surface area is 440 Å². The van der Waals surface area contributed by atoms with E-state index >= 15 is 0 Å². The van der Waals surface area contributed by atoms with Crippen LogP contribution in [0.5, 0.6) is 5.75 Å². The molecule has 0 aliphatic carbocycles. The van der Waals surface area contributed by atoms with Crippen molar-refractivity contribution in [1.29, 1.82) is 10.5 Å². The standard InChI is InChI=1S/2C13H12N2.C13H15NO.2C12H12ClN/c1-9(2)11-4-3-10(7-14)13-8-15-6-5-12(11)13;1-9(2)11-6-5-10(8-14)13-12(11)4-3-7-15-13;1-9(2)10-5-4-6-11-13(10)12(15-3)7-8-14-11;1-8(2)9-3-4-12(13)11-7-14-6-5-10(9)11;1-8(2)9-5-6-11(13)12-10(9)4-3-7-14-12/h3-6,8-9H,1-2H3;3-7,9H,1-2H3;4-9H,1-3H3;2*3-8H,1-2H3. The molecule has 370 valence electrons. The fraction of sp³-hybridized carbons (Fsp3) is 0.254. The Morgan fingerprint density at radius 3 is 1.44 bits per heavy atom. The third kappa shape index (κ3) is 13.1. The minimum Gasteiger partial charge on any atom is -0.496 e. The average Bonchev–Trinajstić information content (AvgIpc) is 3.40. The molecule has 73 heavy (non-hydrogen) atoms. The number of ether oxygens (including phenoxy) is 1. The van der Waals surface area contributed by atoms with Crippen molar-refractivity contribution in [2.45, 2.75) is 98.8 Å². The second kappa shape index (κ2) is 25.8. The average molecular weight is 1010 g/mol.